The van der Waals surface area contributed by atoms with E-state index >= 15 is 0 Å². The number of rotatable bonds is 8. The van der Waals surface area contributed by atoms with Crippen LogP contribution in [0.4, 0.5) is 11.6 Å². The van der Waals surface area contributed by atoms with Gasteiger partial charge in [0.15, 0.2) is 0 Å². The van der Waals surface area contributed by atoms with Crippen LogP contribution in [-0.2, 0) is 0 Å². The van der Waals surface area contributed by atoms with Gasteiger partial charge in [-0.25, -0.2) is 15.8 Å². The molecule has 0 saturated heterocycles. The molecular formula is C12H23N5. The van der Waals surface area contributed by atoms with E-state index in [4.69, 9.17) is 5.84 Å². The third-order valence-corrected chi connectivity index (χ3v) is 2.71. The first-order valence-electron chi connectivity index (χ1n) is 6.35. The molecule has 0 aromatic carbocycles. The summed E-state index contributed by atoms with van der Waals surface area (Å²) in [5.41, 5.74) is 2.52. The maximum atomic E-state index is 5.32. The Morgan fingerprint density at radius 1 is 1.18 bits per heavy atom. The van der Waals surface area contributed by atoms with Gasteiger partial charge < -0.3 is 10.7 Å². The molecule has 1 rings (SSSR count). The summed E-state index contributed by atoms with van der Waals surface area (Å²) in [6, 6.07) is 2.31. The Hall–Kier alpha value is -1.36. The minimum absolute atomic E-state index is 0.487. The van der Waals surface area contributed by atoms with E-state index in [1.807, 2.05) is 6.07 Å². The summed E-state index contributed by atoms with van der Waals surface area (Å²) >= 11 is 0. The van der Waals surface area contributed by atoms with Gasteiger partial charge in [-0.15, -0.1) is 0 Å². The average molecular weight is 237 g/mol. The fraction of sp³-hybridized carbons (Fsp3) is 0.667. The van der Waals surface area contributed by atoms with Crippen LogP contribution in [0.15, 0.2) is 12.4 Å². The normalized spacial score (nSPS) is 12.2. The van der Waals surface area contributed by atoms with Crippen molar-refractivity contribution in [1.82, 2.24) is 9.97 Å². The number of nitrogens with one attached hydrogen (secondary N) is 2. The number of anilines is 2. The van der Waals surface area contributed by atoms with Gasteiger partial charge >= 0.3 is 0 Å². The zero-order valence-corrected chi connectivity index (χ0v) is 10.7. The van der Waals surface area contributed by atoms with E-state index in [9.17, 15) is 0 Å². The standard InChI is InChI=1S/C12H23N5/c1-3-5-7-10(6-4-2)16-11-8-12(17-13)15-9-14-11/h8-10H,3-7,13H2,1-2H3,(H2,14,15,16,17). The van der Waals surface area contributed by atoms with Crippen LogP contribution in [0.5, 0.6) is 0 Å². The van der Waals surface area contributed by atoms with Crippen LogP contribution in [0, 0.1) is 0 Å². The van der Waals surface area contributed by atoms with Crippen molar-refractivity contribution in [2.45, 2.75) is 52.0 Å². The first kappa shape index (κ1) is 13.7. The number of nitrogens with zero attached hydrogens (tertiary/aromatic N) is 2. The number of unbranched alkanes of at least 4 members (excludes halogenated alkanes) is 1. The molecule has 0 amide bonds. The molecule has 1 unspecified atom stereocenters. The minimum atomic E-state index is 0.487. The summed E-state index contributed by atoms with van der Waals surface area (Å²) in [7, 11) is 0. The summed E-state index contributed by atoms with van der Waals surface area (Å²) in [6.07, 6.45) is 7.50. The molecule has 0 spiro atoms. The van der Waals surface area contributed by atoms with Gasteiger partial charge in [-0.05, 0) is 12.8 Å². The molecule has 0 saturated carbocycles. The Kier molecular flexibility index (Phi) is 6.32. The van der Waals surface area contributed by atoms with E-state index < -0.39 is 0 Å². The zero-order valence-electron chi connectivity index (χ0n) is 10.7. The van der Waals surface area contributed by atoms with E-state index in [0.29, 0.717) is 11.9 Å². The molecule has 0 aliphatic heterocycles. The molecule has 0 fully saturated rings. The summed E-state index contributed by atoms with van der Waals surface area (Å²) in [6.45, 7) is 4.41. The number of hydrogen-bond donors (Lipinski definition) is 3. The molecular weight excluding hydrogens is 214 g/mol. The number of hydrazine groups is 1. The fourth-order valence-corrected chi connectivity index (χ4v) is 1.81. The predicted molar refractivity (Wildman–Crippen MR) is 71.7 cm³/mol. The van der Waals surface area contributed by atoms with Gasteiger partial charge in [0.2, 0.25) is 0 Å². The molecule has 17 heavy (non-hydrogen) atoms. The Morgan fingerprint density at radius 3 is 2.59 bits per heavy atom. The van der Waals surface area contributed by atoms with Crippen molar-refractivity contribution in [2.75, 3.05) is 10.7 Å². The lowest BCUT2D eigenvalue weighted by molar-refractivity contribution is 0.563. The van der Waals surface area contributed by atoms with Gasteiger partial charge in [-0.3, -0.25) is 0 Å². The maximum Gasteiger partial charge on any atom is 0.145 e. The van der Waals surface area contributed by atoms with Gasteiger partial charge in [0.05, 0.1) is 0 Å². The second-order valence-corrected chi connectivity index (χ2v) is 4.20. The molecule has 0 radical (unpaired) electrons. The molecule has 0 aliphatic rings. The van der Waals surface area contributed by atoms with Gasteiger partial charge in [-0.2, -0.15) is 0 Å². The highest BCUT2D eigenvalue weighted by Gasteiger charge is 2.08. The monoisotopic (exact) mass is 237 g/mol. The molecule has 0 bridgehead atoms. The quantitative estimate of drug-likeness (QED) is 0.478. The van der Waals surface area contributed by atoms with Gasteiger partial charge in [-0.1, -0.05) is 33.1 Å². The zero-order chi connectivity index (χ0) is 12.5. The second kappa shape index (κ2) is 7.84. The molecule has 1 heterocycles. The topological polar surface area (TPSA) is 75.9 Å². The molecule has 5 heteroatoms. The summed E-state index contributed by atoms with van der Waals surface area (Å²) in [4.78, 5) is 8.19. The lowest BCUT2D eigenvalue weighted by atomic mass is 10.1. The third-order valence-electron chi connectivity index (χ3n) is 2.71. The first-order valence-corrected chi connectivity index (χ1v) is 6.35. The minimum Gasteiger partial charge on any atom is -0.367 e. The molecule has 96 valence electrons. The van der Waals surface area contributed by atoms with Crippen LogP contribution in [-0.4, -0.2) is 16.0 Å². The van der Waals surface area contributed by atoms with Gasteiger partial charge in [0.25, 0.3) is 0 Å². The van der Waals surface area contributed by atoms with Crippen LogP contribution in [0.1, 0.15) is 46.0 Å². The molecule has 4 N–H and O–H groups in total. The number of nitrogens with two attached hydrogens (primary N) is 1. The van der Waals surface area contributed by atoms with Crippen LogP contribution in [0.2, 0.25) is 0 Å². The lowest BCUT2D eigenvalue weighted by Gasteiger charge is -2.18. The summed E-state index contributed by atoms with van der Waals surface area (Å²) in [5.74, 6) is 6.79. The highest BCUT2D eigenvalue weighted by molar-refractivity contribution is 5.46. The predicted octanol–water partition coefficient (Wildman–Crippen LogP) is 2.53. The molecule has 1 atom stereocenters. The van der Waals surface area contributed by atoms with Crippen molar-refractivity contribution < 1.29 is 0 Å². The van der Waals surface area contributed by atoms with Crippen LogP contribution >= 0.6 is 0 Å². The molecule has 1 aromatic rings. The lowest BCUT2D eigenvalue weighted by Crippen LogP contribution is -2.20. The highest BCUT2D eigenvalue weighted by atomic mass is 15.3. The first-order chi connectivity index (χ1) is 8.30. The Bertz CT molecular complexity index is 316. The van der Waals surface area contributed by atoms with Crippen molar-refractivity contribution in [3.05, 3.63) is 12.4 Å². The molecule has 1 aromatic heterocycles. The largest absolute Gasteiger partial charge is 0.367 e. The van der Waals surface area contributed by atoms with E-state index in [1.165, 1.54) is 32.0 Å². The number of nitrogen functional groups attached to an aromatic ring is 1. The van der Waals surface area contributed by atoms with E-state index in [-0.39, 0.29) is 0 Å². The van der Waals surface area contributed by atoms with Crippen molar-refractivity contribution in [1.29, 1.82) is 0 Å². The fourth-order valence-electron chi connectivity index (χ4n) is 1.81. The van der Waals surface area contributed by atoms with Crippen molar-refractivity contribution >= 4 is 11.6 Å². The van der Waals surface area contributed by atoms with E-state index in [1.54, 1.807) is 0 Å². The van der Waals surface area contributed by atoms with Crippen LogP contribution in [0.3, 0.4) is 0 Å². The van der Waals surface area contributed by atoms with Crippen molar-refractivity contribution in [3.63, 3.8) is 0 Å². The Labute approximate surface area is 103 Å². The second-order valence-electron chi connectivity index (χ2n) is 4.20. The molecule has 0 aliphatic carbocycles. The highest BCUT2D eigenvalue weighted by Crippen LogP contribution is 2.14. The number of hydrogen-bond acceptors (Lipinski definition) is 5. The van der Waals surface area contributed by atoms with Gasteiger partial charge in [0, 0.05) is 12.1 Å². The Balaban J connectivity index is 2.57. The smallest absolute Gasteiger partial charge is 0.145 e. The van der Waals surface area contributed by atoms with E-state index in [0.717, 1.165) is 12.2 Å². The summed E-state index contributed by atoms with van der Waals surface area (Å²) in [5, 5.41) is 3.44. The van der Waals surface area contributed by atoms with Gasteiger partial charge in [0.1, 0.15) is 18.0 Å². The third kappa shape index (κ3) is 4.99. The average Bonchev–Trinajstić information content (AvgIpc) is 2.36. The summed E-state index contributed by atoms with van der Waals surface area (Å²) < 4.78 is 0. The molecule has 5 nitrogen and oxygen atoms in total. The maximum absolute atomic E-state index is 5.32. The SMILES string of the molecule is CCCCC(CCC)Nc1cc(NN)ncn1. The number of aromatic nitrogens is 2. The van der Waals surface area contributed by atoms with E-state index in [2.05, 4.69) is 34.6 Å². The van der Waals surface area contributed by atoms with Crippen LogP contribution < -0.4 is 16.6 Å². The van der Waals surface area contributed by atoms with Crippen molar-refractivity contribution in [2.24, 2.45) is 5.84 Å². The Morgan fingerprint density at radius 2 is 1.94 bits per heavy atom. The van der Waals surface area contributed by atoms with Crippen molar-refractivity contribution in [3.8, 4) is 0 Å². The van der Waals surface area contributed by atoms with Crippen LogP contribution in [0.25, 0.3) is 0 Å².